The van der Waals surface area contributed by atoms with Crippen molar-refractivity contribution in [2.75, 3.05) is 13.1 Å². The molecule has 2 nitrogen and oxygen atoms in total. The highest BCUT2D eigenvalue weighted by Crippen LogP contribution is 2.25. The van der Waals surface area contributed by atoms with Crippen LogP contribution in [0.5, 0.6) is 0 Å². The molecule has 0 unspecified atom stereocenters. The fraction of sp³-hybridized carbons (Fsp3) is 1.00. The highest BCUT2D eigenvalue weighted by Gasteiger charge is 2.31. The molecule has 2 rings (SSSR count). The molecule has 2 aliphatic rings. The summed E-state index contributed by atoms with van der Waals surface area (Å²) in [7, 11) is 0. The molecule has 2 atom stereocenters. The van der Waals surface area contributed by atoms with Gasteiger partial charge >= 0.3 is 0 Å². The van der Waals surface area contributed by atoms with Gasteiger partial charge in [-0.1, -0.05) is 6.42 Å². The van der Waals surface area contributed by atoms with Gasteiger partial charge in [0, 0.05) is 6.04 Å². The van der Waals surface area contributed by atoms with Crippen LogP contribution in [0.3, 0.4) is 0 Å². The minimum absolute atomic E-state index is 0.0240. The molecule has 2 heterocycles. The molecule has 64 valence electrons. The number of fused-ring (bicyclic) bond motifs is 1. The third kappa shape index (κ3) is 1.42. The predicted molar refractivity (Wildman–Crippen MR) is 44.5 cm³/mol. The second-order valence-electron chi connectivity index (χ2n) is 3.81. The Morgan fingerprint density at radius 1 is 1.00 bits per heavy atom. The van der Waals surface area contributed by atoms with E-state index in [0.717, 1.165) is 6.42 Å². The molecule has 11 heavy (non-hydrogen) atoms. The summed E-state index contributed by atoms with van der Waals surface area (Å²) < 4.78 is 0. The Labute approximate surface area is 68.2 Å². The smallest absolute Gasteiger partial charge is 0.0695 e. The average molecular weight is 155 g/mol. The second kappa shape index (κ2) is 3.11. The monoisotopic (exact) mass is 155 g/mol. The van der Waals surface area contributed by atoms with Crippen LogP contribution in [-0.2, 0) is 0 Å². The Morgan fingerprint density at radius 3 is 2.64 bits per heavy atom. The fourth-order valence-electron chi connectivity index (χ4n) is 2.43. The summed E-state index contributed by atoms with van der Waals surface area (Å²) in [6.45, 7) is 2.45. The van der Waals surface area contributed by atoms with E-state index in [1.165, 1.54) is 38.8 Å². The third-order valence-corrected chi connectivity index (χ3v) is 3.05. The lowest BCUT2D eigenvalue weighted by molar-refractivity contribution is -0.00844. The largest absolute Gasteiger partial charge is 0.391 e. The van der Waals surface area contributed by atoms with E-state index in [-0.39, 0.29) is 6.10 Å². The Morgan fingerprint density at radius 2 is 1.82 bits per heavy atom. The van der Waals surface area contributed by atoms with Gasteiger partial charge in [0.2, 0.25) is 0 Å². The van der Waals surface area contributed by atoms with Gasteiger partial charge in [-0.2, -0.15) is 0 Å². The maximum absolute atomic E-state index is 9.66. The van der Waals surface area contributed by atoms with E-state index in [2.05, 4.69) is 4.90 Å². The van der Waals surface area contributed by atoms with E-state index < -0.39 is 0 Å². The first-order valence-electron chi connectivity index (χ1n) is 4.80. The first kappa shape index (κ1) is 7.56. The van der Waals surface area contributed by atoms with Gasteiger partial charge in [0.15, 0.2) is 0 Å². The molecular weight excluding hydrogens is 138 g/mol. The van der Waals surface area contributed by atoms with E-state index >= 15 is 0 Å². The maximum Gasteiger partial charge on any atom is 0.0695 e. The van der Waals surface area contributed by atoms with E-state index in [4.69, 9.17) is 0 Å². The number of aliphatic hydroxyl groups excluding tert-OH is 1. The molecule has 0 amide bonds. The normalized spacial score (nSPS) is 40.1. The summed E-state index contributed by atoms with van der Waals surface area (Å²) in [5.41, 5.74) is 0. The number of piperidine rings is 2. The van der Waals surface area contributed by atoms with Crippen LogP contribution in [0.1, 0.15) is 32.1 Å². The summed E-state index contributed by atoms with van der Waals surface area (Å²) in [6.07, 6.45) is 6.07. The van der Waals surface area contributed by atoms with Gasteiger partial charge in [0.05, 0.1) is 6.10 Å². The molecule has 0 spiro atoms. The van der Waals surface area contributed by atoms with Gasteiger partial charge in [-0.3, -0.25) is 4.90 Å². The van der Waals surface area contributed by atoms with Crippen molar-refractivity contribution in [1.29, 1.82) is 0 Å². The molecule has 2 aliphatic heterocycles. The molecule has 0 saturated carbocycles. The molecule has 0 aliphatic carbocycles. The van der Waals surface area contributed by atoms with Crippen LogP contribution in [0.4, 0.5) is 0 Å². The van der Waals surface area contributed by atoms with Crippen LogP contribution in [0.25, 0.3) is 0 Å². The van der Waals surface area contributed by atoms with Crippen molar-refractivity contribution in [3.63, 3.8) is 0 Å². The second-order valence-corrected chi connectivity index (χ2v) is 3.81. The lowest BCUT2D eigenvalue weighted by atomic mass is 9.91. The first-order chi connectivity index (χ1) is 5.38. The van der Waals surface area contributed by atoms with Crippen LogP contribution >= 0.6 is 0 Å². The zero-order chi connectivity index (χ0) is 7.68. The summed E-state index contributed by atoms with van der Waals surface area (Å²) in [5.74, 6) is 0. The standard InChI is InChI=1S/C9H17NO/c11-9-5-3-7-10-6-2-1-4-8(9)10/h8-9,11H,1-7H2/t8-,9-/m0/s1. The van der Waals surface area contributed by atoms with Crippen LogP contribution in [0.15, 0.2) is 0 Å². The Bertz CT molecular complexity index is 136. The van der Waals surface area contributed by atoms with Crippen molar-refractivity contribution in [1.82, 2.24) is 4.90 Å². The predicted octanol–water partition coefficient (Wildman–Crippen LogP) is 0.996. The van der Waals surface area contributed by atoms with Crippen molar-refractivity contribution < 1.29 is 5.11 Å². The van der Waals surface area contributed by atoms with Gasteiger partial charge < -0.3 is 5.11 Å². The Hall–Kier alpha value is -0.0800. The number of aliphatic hydroxyl groups is 1. The first-order valence-corrected chi connectivity index (χ1v) is 4.80. The molecule has 0 aromatic heterocycles. The molecule has 2 heteroatoms. The van der Waals surface area contributed by atoms with Gasteiger partial charge in [0.25, 0.3) is 0 Å². The SMILES string of the molecule is O[C@H]1CCCN2CCCC[C@@H]12. The molecule has 0 aromatic carbocycles. The summed E-state index contributed by atoms with van der Waals surface area (Å²) in [5, 5.41) is 9.66. The fourth-order valence-corrected chi connectivity index (χ4v) is 2.43. The van der Waals surface area contributed by atoms with E-state index in [1.54, 1.807) is 0 Å². The highest BCUT2D eigenvalue weighted by atomic mass is 16.3. The lowest BCUT2D eigenvalue weighted by Crippen LogP contribution is -2.50. The summed E-state index contributed by atoms with van der Waals surface area (Å²) >= 11 is 0. The maximum atomic E-state index is 9.66. The van der Waals surface area contributed by atoms with E-state index in [9.17, 15) is 5.11 Å². The lowest BCUT2D eigenvalue weighted by Gasteiger charge is -2.42. The number of hydrogen-bond acceptors (Lipinski definition) is 2. The van der Waals surface area contributed by atoms with E-state index in [1.807, 2.05) is 0 Å². The Balaban J connectivity index is 1.99. The van der Waals surface area contributed by atoms with Crippen molar-refractivity contribution >= 4 is 0 Å². The topological polar surface area (TPSA) is 23.5 Å². The van der Waals surface area contributed by atoms with Gasteiger partial charge in [-0.05, 0) is 38.8 Å². The van der Waals surface area contributed by atoms with Gasteiger partial charge in [-0.15, -0.1) is 0 Å². The zero-order valence-corrected chi connectivity index (χ0v) is 7.00. The molecule has 2 fully saturated rings. The number of hydrogen-bond donors (Lipinski definition) is 1. The Kier molecular flexibility index (Phi) is 2.14. The van der Waals surface area contributed by atoms with Crippen LogP contribution in [0, 0.1) is 0 Å². The highest BCUT2D eigenvalue weighted by molar-refractivity contribution is 4.86. The average Bonchev–Trinajstić information content (AvgIpc) is 2.06. The molecule has 0 aromatic rings. The minimum atomic E-state index is -0.0240. The number of nitrogens with zero attached hydrogens (tertiary/aromatic N) is 1. The molecule has 2 saturated heterocycles. The molecule has 0 bridgehead atoms. The van der Waals surface area contributed by atoms with Gasteiger partial charge in [0.1, 0.15) is 0 Å². The third-order valence-electron chi connectivity index (χ3n) is 3.05. The van der Waals surface area contributed by atoms with Crippen molar-refractivity contribution in [2.45, 2.75) is 44.2 Å². The minimum Gasteiger partial charge on any atom is -0.391 e. The van der Waals surface area contributed by atoms with Crippen LogP contribution in [0.2, 0.25) is 0 Å². The summed E-state index contributed by atoms with van der Waals surface area (Å²) in [6, 6.07) is 0.512. The van der Waals surface area contributed by atoms with Crippen molar-refractivity contribution in [3.8, 4) is 0 Å². The van der Waals surface area contributed by atoms with Crippen molar-refractivity contribution in [2.24, 2.45) is 0 Å². The quantitative estimate of drug-likeness (QED) is 0.564. The summed E-state index contributed by atoms with van der Waals surface area (Å²) in [4.78, 5) is 2.47. The van der Waals surface area contributed by atoms with Gasteiger partial charge in [-0.25, -0.2) is 0 Å². The van der Waals surface area contributed by atoms with Crippen LogP contribution in [-0.4, -0.2) is 35.2 Å². The van der Waals surface area contributed by atoms with E-state index in [0.29, 0.717) is 6.04 Å². The molecule has 1 N–H and O–H groups in total. The zero-order valence-electron chi connectivity index (χ0n) is 7.00. The van der Waals surface area contributed by atoms with Crippen molar-refractivity contribution in [3.05, 3.63) is 0 Å². The molecular formula is C9H17NO. The molecule has 0 radical (unpaired) electrons. The number of rotatable bonds is 0. The van der Waals surface area contributed by atoms with Crippen LogP contribution < -0.4 is 0 Å².